The zero-order valence-corrected chi connectivity index (χ0v) is 23.4. The van der Waals surface area contributed by atoms with Gasteiger partial charge < -0.3 is 19.3 Å². The Morgan fingerprint density at radius 2 is 1.51 bits per heavy atom. The third kappa shape index (κ3) is 7.59. The number of hydrogen-bond acceptors (Lipinski definition) is 9. The summed E-state index contributed by atoms with van der Waals surface area (Å²) in [6, 6.07) is 3.43. The Balaban J connectivity index is 1.79. The zero-order valence-electron chi connectivity index (χ0n) is 23.4. The fourth-order valence-electron chi connectivity index (χ4n) is 5.39. The van der Waals surface area contributed by atoms with E-state index in [1.807, 2.05) is 0 Å². The van der Waals surface area contributed by atoms with Crippen LogP contribution in [0.25, 0.3) is 0 Å². The molecule has 0 radical (unpaired) electrons. The molecule has 2 saturated heterocycles. The Hall–Kier alpha value is -4.51. The normalized spacial score (nSPS) is 20.9. The number of carbonyl (C=O) groups excluding carboxylic acids is 4. The summed E-state index contributed by atoms with van der Waals surface area (Å²) < 4.78 is 95.9. The Morgan fingerprint density at radius 3 is 2.00 bits per heavy atom. The van der Waals surface area contributed by atoms with Crippen molar-refractivity contribution in [2.45, 2.75) is 44.0 Å². The van der Waals surface area contributed by atoms with Crippen molar-refractivity contribution in [3.63, 3.8) is 0 Å². The largest absolute Gasteiger partial charge is 0.463 e. The zero-order chi connectivity index (χ0) is 33.1. The summed E-state index contributed by atoms with van der Waals surface area (Å²) in [6.07, 6.45) is -9.93. The molecular weight excluding hydrogens is 622 g/mol. The molecule has 45 heavy (non-hydrogen) atoms. The number of halogens is 6. The number of benzene rings is 1. The van der Waals surface area contributed by atoms with Gasteiger partial charge in [0.25, 0.3) is 5.69 Å². The molecule has 244 valence electrons. The van der Waals surface area contributed by atoms with Gasteiger partial charge in [0.1, 0.15) is 24.8 Å². The monoisotopic (exact) mass is 648 g/mol. The number of amides is 2. The van der Waals surface area contributed by atoms with Gasteiger partial charge in [-0.15, -0.1) is 0 Å². The van der Waals surface area contributed by atoms with E-state index in [0.717, 1.165) is 18.2 Å². The molecule has 0 aromatic heterocycles. The number of carbonyl (C=O) groups is 4. The highest BCUT2D eigenvalue weighted by molar-refractivity contribution is 6.10. The van der Waals surface area contributed by atoms with E-state index in [1.54, 1.807) is 0 Å². The first-order valence-corrected chi connectivity index (χ1v) is 13.7. The van der Waals surface area contributed by atoms with Crippen molar-refractivity contribution in [3.8, 4) is 0 Å². The van der Waals surface area contributed by atoms with Gasteiger partial charge in [0.2, 0.25) is 11.8 Å². The van der Waals surface area contributed by atoms with Crippen molar-refractivity contribution < 1.29 is 59.9 Å². The molecule has 3 aliphatic heterocycles. The lowest BCUT2D eigenvalue weighted by Crippen LogP contribution is -2.46. The van der Waals surface area contributed by atoms with Gasteiger partial charge in [0.05, 0.1) is 23.6 Å². The van der Waals surface area contributed by atoms with Gasteiger partial charge in [0, 0.05) is 44.0 Å². The first kappa shape index (κ1) is 33.4. The molecule has 0 spiro atoms. The molecule has 0 aliphatic carbocycles. The average molecular weight is 649 g/mol. The maximum atomic E-state index is 14.3. The molecule has 1 aromatic carbocycles. The van der Waals surface area contributed by atoms with Crippen molar-refractivity contribution in [1.29, 1.82) is 0 Å². The highest BCUT2D eigenvalue weighted by atomic mass is 19.4. The first-order chi connectivity index (χ1) is 21.1. The minimum absolute atomic E-state index is 0.205. The highest BCUT2D eigenvalue weighted by Crippen LogP contribution is 2.47. The number of rotatable bonds is 10. The molecule has 1 aromatic rings. The van der Waals surface area contributed by atoms with Crippen molar-refractivity contribution >= 4 is 35.2 Å². The number of non-ortho nitro benzene ring substituents is 1. The summed E-state index contributed by atoms with van der Waals surface area (Å²) in [5.74, 6) is -9.30. The van der Waals surface area contributed by atoms with Gasteiger partial charge in [-0.05, 0) is 18.4 Å². The first-order valence-electron chi connectivity index (χ1n) is 13.7. The van der Waals surface area contributed by atoms with E-state index >= 15 is 0 Å². The van der Waals surface area contributed by atoms with Crippen LogP contribution in [0.4, 0.5) is 32.0 Å². The van der Waals surface area contributed by atoms with Gasteiger partial charge in [-0.1, -0.05) is 12.1 Å². The lowest BCUT2D eigenvalue weighted by molar-refractivity contribution is -0.384. The standard InChI is InChI=1S/C27H26F6N4O8/c28-26(29,30)22-20(24(40)44-12-10-35-8-2-6-17(35)38)19(15-4-1-5-16(14-15)37(42)43)21(23(34-22)27(31,32)33)25(41)45-13-11-36-9-3-7-18(36)39/h1,4-5,14,19-20H,2-3,6-13H2. The van der Waals surface area contributed by atoms with Gasteiger partial charge in [0.15, 0.2) is 5.70 Å². The van der Waals surface area contributed by atoms with Crippen molar-refractivity contribution in [1.82, 2.24) is 9.80 Å². The number of nitrogens with zero attached hydrogens (tertiary/aromatic N) is 4. The Morgan fingerprint density at radius 1 is 0.933 bits per heavy atom. The van der Waals surface area contributed by atoms with E-state index in [-0.39, 0.29) is 37.7 Å². The molecule has 12 nitrogen and oxygen atoms in total. The summed E-state index contributed by atoms with van der Waals surface area (Å²) in [6.45, 7) is -1.13. The van der Waals surface area contributed by atoms with Crippen LogP contribution in [0.5, 0.6) is 0 Å². The molecule has 18 heteroatoms. The molecule has 3 heterocycles. The SMILES string of the molecule is O=C(OCCN1CCCC1=O)C1=C(C(F)(F)F)N=C(C(F)(F)F)C(C(=O)OCCN2CCCC2=O)C1c1cccc([N+](=O)[O-])c1. The van der Waals surface area contributed by atoms with Crippen LogP contribution in [0, 0.1) is 16.0 Å². The number of nitro benzene ring substituents is 1. The van der Waals surface area contributed by atoms with E-state index in [0.29, 0.717) is 32.0 Å². The summed E-state index contributed by atoms with van der Waals surface area (Å²) in [7, 11) is 0. The van der Waals surface area contributed by atoms with E-state index < -0.39 is 82.5 Å². The third-order valence-electron chi connectivity index (χ3n) is 7.44. The van der Waals surface area contributed by atoms with E-state index in [4.69, 9.17) is 9.47 Å². The Bertz CT molecular complexity index is 1440. The molecule has 2 atom stereocenters. The van der Waals surface area contributed by atoms with Crippen molar-refractivity contribution in [2.75, 3.05) is 39.4 Å². The van der Waals surface area contributed by atoms with Crippen molar-refractivity contribution in [3.05, 3.63) is 51.2 Å². The molecular formula is C27H26F6N4O8. The van der Waals surface area contributed by atoms with Gasteiger partial charge in [-0.3, -0.25) is 24.5 Å². The summed E-state index contributed by atoms with van der Waals surface area (Å²) in [4.78, 5) is 66.1. The lowest BCUT2D eigenvalue weighted by atomic mass is 9.74. The van der Waals surface area contributed by atoms with E-state index in [1.165, 1.54) is 9.80 Å². The molecule has 2 unspecified atom stereocenters. The Labute approximate surface area is 250 Å². The maximum Gasteiger partial charge on any atom is 0.433 e. The molecule has 0 bridgehead atoms. The average Bonchev–Trinajstić information content (AvgIpc) is 3.57. The number of alkyl halides is 6. The lowest BCUT2D eigenvalue weighted by Gasteiger charge is -2.34. The minimum atomic E-state index is -5.68. The molecule has 0 N–H and O–H groups in total. The second-order valence-electron chi connectivity index (χ2n) is 10.3. The number of aliphatic imine (C=N–C) groups is 1. The van der Waals surface area contributed by atoms with Crippen molar-refractivity contribution in [2.24, 2.45) is 10.9 Å². The summed E-state index contributed by atoms with van der Waals surface area (Å²) in [5, 5.41) is 11.5. The fraction of sp³-hybridized carbons (Fsp3) is 0.519. The van der Waals surface area contributed by atoms with Gasteiger partial charge in [-0.25, -0.2) is 9.79 Å². The molecule has 2 fully saturated rings. The number of hydrogen-bond donors (Lipinski definition) is 0. The second-order valence-corrected chi connectivity index (χ2v) is 10.3. The van der Waals surface area contributed by atoms with E-state index in [2.05, 4.69) is 4.99 Å². The molecule has 4 rings (SSSR count). The summed E-state index contributed by atoms with van der Waals surface area (Å²) in [5.41, 5.74) is -7.42. The van der Waals surface area contributed by atoms with Crippen LogP contribution in [0.3, 0.4) is 0 Å². The second kappa shape index (κ2) is 13.2. The van der Waals surface area contributed by atoms with E-state index in [9.17, 15) is 55.6 Å². The predicted molar refractivity (Wildman–Crippen MR) is 139 cm³/mol. The molecule has 2 amide bonds. The van der Waals surface area contributed by atoms with Crippen LogP contribution in [0.2, 0.25) is 0 Å². The van der Waals surface area contributed by atoms with Crippen LogP contribution in [0.15, 0.2) is 40.5 Å². The van der Waals surface area contributed by atoms with Crippen LogP contribution in [-0.2, 0) is 28.7 Å². The molecule has 3 aliphatic rings. The smallest absolute Gasteiger partial charge is 0.433 e. The summed E-state index contributed by atoms with van der Waals surface area (Å²) >= 11 is 0. The Kier molecular flexibility index (Phi) is 9.82. The topological polar surface area (TPSA) is 149 Å². The fourth-order valence-corrected chi connectivity index (χ4v) is 5.39. The third-order valence-corrected chi connectivity index (χ3v) is 7.44. The van der Waals surface area contributed by atoms with Crippen LogP contribution < -0.4 is 0 Å². The molecule has 0 saturated carbocycles. The van der Waals surface area contributed by atoms with Crippen LogP contribution in [0.1, 0.15) is 37.2 Å². The number of ether oxygens (including phenoxy) is 2. The maximum absolute atomic E-state index is 14.3. The predicted octanol–water partition coefficient (Wildman–Crippen LogP) is 3.46. The number of likely N-dealkylation sites (tertiary alicyclic amines) is 2. The number of allylic oxidation sites excluding steroid dienone is 1. The van der Waals surface area contributed by atoms with Crippen LogP contribution in [-0.4, -0.2) is 95.9 Å². The van der Waals surface area contributed by atoms with Gasteiger partial charge in [-0.2, -0.15) is 26.3 Å². The highest BCUT2D eigenvalue weighted by Gasteiger charge is 2.57. The van der Waals surface area contributed by atoms with Crippen LogP contribution >= 0.6 is 0 Å². The number of esters is 2. The quantitative estimate of drug-likeness (QED) is 0.162. The minimum Gasteiger partial charge on any atom is -0.463 e. The number of nitro groups is 1. The van der Waals surface area contributed by atoms with Gasteiger partial charge >= 0.3 is 24.3 Å².